The third-order valence-electron chi connectivity index (χ3n) is 4.12. The Hall–Kier alpha value is -2.89. The molecule has 26 heavy (non-hydrogen) atoms. The molecule has 1 N–H and O–H groups in total. The van der Waals surface area contributed by atoms with E-state index in [0.29, 0.717) is 23.8 Å². The zero-order valence-electron chi connectivity index (χ0n) is 15.3. The molecule has 0 heterocycles. The highest BCUT2D eigenvalue weighted by Crippen LogP contribution is 2.22. The maximum atomic E-state index is 11.9. The van der Waals surface area contributed by atoms with Gasteiger partial charge in [-0.05, 0) is 42.5 Å². The van der Waals surface area contributed by atoms with E-state index < -0.39 is 4.92 Å². The van der Waals surface area contributed by atoms with E-state index in [2.05, 4.69) is 43.4 Å². The first-order valence-corrected chi connectivity index (χ1v) is 8.60. The minimum Gasteiger partial charge on any atom is -0.484 e. The van der Waals surface area contributed by atoms with Crippen molar-refractivity contribution < 1.29 is 14.5 Å². The Kier molecular flexibility index (Phi) is 6.72. The third kappa shape index (κ3) is 5.58. The SMILES string of the molecule is Cc1cc(OCC(=O)NCCc2ccc(C(C)C)cc2)ccc1[N+](=O)[O-]. The number of hydrogen-bond donors (Lipinski definition) is 1. The highest BCUT2D eigenvalue weighted by molar-refractivity contribution is 5.77. The number of aryl methyl sites for hydroxylation is 1. The van der Waals surface area contributed by atoms with Gasteiger partial charge in [0.2, 0.25) is 0 Å². The van der Waals surface area contributed by atoms with Gasteiger partial charge in [-0.25, -0.2) is 0 Å². The summed E-state index contributed by atoms with van der Waals surface area (Å²) in [5, 5.41) is 13.6. The number of carbonyl (C=O) groups is 1. The number of rotatable bonds is 8. The summed E-state index contributed by atoms with van der Waals surface area (Å²) < 4.78 is 5.39. The molecule has 0 spiro atoms. The topological polar surface area (TPSA) is 81.5 Å². The minimum atomic E-state index is -0.445. The highest BCUT2D eigenvalue weighted by atomic mass is 16.6. The average Bonchev–Trinajstić information content (AvgIpc) is 2.60. The first-order chi connectivity index (χ1) is 12.4. The number of nitrogens with zero attached hydrogens (tertiary/aromatic N) is 1. The third-order valence-corrected chi connectivity index (χ3v) is 4.12. The Balaban J connectivity index is 1.75. The zero-order valence-corrected chi connectivity index (χ0v) is 15.3. The van der Waals surface area contributed by atoms with E-state index in [-0.39, 0.29) is 18.2 Å². The molecule has 2 aromatic rings. The van der Waals surface area contributed by atoms with Crippen molar-refractivity contribution in [2.45, 2.75) is 33.1 Å². The van der Waals surface area contributed by atoms with Gasteiger partial charge in [-0.3, -0.25) is 14.9 Å². The van der Waals surface area contributed by atoms with E-state index in [1.807, 2.05) is 0 Å². The fraction of sp³-hybridized carbons (Fsp3) is 0.350. The number of nitro benzene ring substituents is 1. The number of ether oxygens (including phenoxy) is 1. The van der Waals surface area contributed by atoms with Crippen LogP contribution in [-0.2, 0) is 11.2 Å². The van der Waals surface area contributed by atoms with Gasteiger partial charge in [0.25, 0.3) is 11.6 Å². The number of benzene rings is 2. The van der Waals surface area contributed by atoms with E-state index in [0.717, 1.165) is 6.42 Å². The molecule has 6 heteroatoms. The standard InChI is InChI=1S/C20H24N2O4/c1-14(2)17-6-4-16(5-7-17)10-11-21-20(23)13-26-18-8-9-19(22(24)25)15(3)12-18/h4-9,12,14H,10-11,13H2,1-3H3,(H,21,23). The largest absolute Gasteiger partial charge is 0.484 e. The Morgan fingerprint density at radius 3 is 2.46 bits per heavy atom. The maximum Gasteiger partial charge on any atom is 0.272 e. The summed E-state index contributed by atoms with van der Waals surface area (Å²) in [4.78, 5) is 22.2. The van der Waals surface area contributed by atoms with Crippen molar-refractivity contribution >= 4 is 11.6 Å². The molecule has 6 nitrogen and oxygen atoms in total. The van der Waals surface area contributed by atoms with Crippen LogP contribution in [0.25, 0.3) is 0 Å². The molecule has 0 fully saturated rings. The van der Waals surface area contributed by atoms with Crippen molar-refractivity contribution in [1.82, 2.24) is 5.32 Å². The van der Waals surface area contributed by atoms with E-state index in [9.17, 15) is 14.9 Å². The van der Waals surface area contributed by atoms with Crippen LogP contribution < -0.4 is 10.1 Å². The van der Waals surface area contributed by atoms with Crippen molar-refractivity contribution in [2.75, 3.05) is 13.2 Å². The lowest BCUT2D eigenvalue weighted by atomic mass is 10.0. The molecule has 0 aliphatic rings. The quantitative estimate of drug-likeness (QED) is 0.577. The Morgan fingerprint density at radius 2 is 1.88 bits per heavy atom. The Labute approximate surface area is 153 Å². The summed E-state index contributed by atoms with van der Waals surface area (Å²) in [6.45, 7) is 6.35. The van der Waals surface area contributed by atoms with Gasteiger partial charge in [-0.15, -0.1) is 0 Å². The number of carbonyl (C=O) groups excluding carboxylic acids is 1. The molecule has 0 saturated heterocycles. The van der Waals surface area contributed by atoms with Gasteiger partial charge < -0.3 is 10.1 Å². The van der Waals surface area contributed by atoms with Crippen LogP contribution in [0.4, 0.5) is 5.69 Å². The first kappa shape index (κ1) is 19.4. The van der Waals surface area contributed by atoms with Crippen molar-refractivity contribution in [2.24, 2.45) is 0 Å². The molecular weight excluding hydrogens is 332 g/mol. The molecule has 0 radical (unpaired) electrons. The monoisotopic (exact) mass is 356 g/mol. The van der Waals surface area contributed by atoms with Crippen LogP contribution in [0.2, 0.25) is 0 Å². The number of amides is 1. The fourth-order valence-electron chi connectivity index (χ4n) is 2.54. The van der Waals surface area contributed by atoms with Crippen LogP contribution in [0.15, 0.2) is 42.5 Å². The second kappa shape index (κ2) is 8.99. The predicted molar refractivity (Wildman–Crippen MR) is 101 cm³/mol. The fourth-order valence-corrected chi connectivity index (χ4v) is 2.54. The van der Waals surface area contributed by atoms with Crippen LogP contribution >= 0.6 is 0 Å². The molecular formula is C20H24N2O4. The molecule has 0 atom stereocenters. The molecule has 0 aliphatic heterocycles. The van der Waals surface area contributed by atoms with Crippen molar-refractivity contribution in [1.29, 1.82) is 0 Å². The van der Waals surface area contributed by atoms with Crippen LogP contribution in [0, 0.1) is 17.0 Å². The van der Waals surface area contributed by atoms with Gasteiger partial charge in [0.05, 0.1) is 4.92 Å². The Bertz CT molecular complexity index is 770. The molecule has 138 valence electrons. The summed E-state index contributed by atoms with van der Waals surface area (Å²) in [5.41, 5.74) is 2.99. The molecule has 0 aromatic heterocycles. The molecule has 2 rings (SSSR count). The highest BCUT2D eigenvalue weighted by Gasteiger charge is 2.11. The second-order valence-electron chi connectivity index (χ2n) is 6.49. The molecule has 0 unspecified atom stereocenters. The van der Waals surface area contributed by atoms with Crippen LogP contribution in [-0.4, -0.2) is 24.0 Å². The molecule has 2 aromatic carbocycles. The number of nitro groups is 1. The Morgan fingerprint density at radius 1 is 1.19 bits per heavy atom. The van der Waals surface area contributed by atoms with E-state index in [1.54, 1.807) is 13.0 Å². The van der Waals surface area contributed by atoms with Crippen molar-refractivity contribution in [3.8, 4) is 5.75 Å². The number of nitrogens with one attached hydrogen (secondary N) is 1. The zero-order chi connectivity index (χ0) is 19.1. The van der Waals surface area contributed by atoms with Crippen LogP contribution in [0.1, 0.15) is 36.5 Å². The van der Waals surface area contributed by atoms with Crippen molar-refractivity contribution in [3.05, 3.63) is 69.3 Å². The van der Waals surface area contributed by atoms with Gasteiger partial charge >= 0.3 is 0 Å². The lowest BCUT2D eigenvalue weighted by molar-refractivity contribution is -0.385. The number of hydrogen-bond acceptors (Lipinski definition) is 4. The maximum absolute atomic E-state index is 11.9. The summed E-state index contributed by atoms with van der Waals surface area (Å²) in [6, 6.07) is 12.8. The van der Waals surface area contributed by atoms with Crippen molar-refractivity contribution in [3.63, 3.8) is 0 Å². The molecule has 0 saturated carbocycles. The second-order valence-corrected chi connectivity index (χ2v) is 6.49. The van der Waals surface area contributed by atoms with Gasteiger partial charge in [-0.2, -0.15) is 0 Å². The smallest absolute Gasteiger partial charge is 0.272 e. The average molecular weight is 356 g/mol. The molecule has 0 aliphatic carbocycles. The summed E-state index contributed by atoms with van der Waals surface area (Å²) in [7, 11) is 0. The lowest BCUT2D eigenvalue weighted by Gasteiger charge is -2.09. The summed E-state index contributed by atoms with van der Waals surface area (Å²) >= 11 is 0. The van der Waals surface area contributed by atoms with E-state index >= 15 is 0 Å². The van der Waals surface area contributed by atoms with Crippen LogP contribution in [0.5, 0.6) is 5.75 Å². The van der Waals surface area contributed by atoms with Crippen LogP contribution in [0.3, 0.4) is 0 Å². The first-order valence-electron chi connectivity index (χ1n) is 8.60. The molecule has 0 bridgehead atoms. The summed E-state index contributed by atoms with van der Waals surface area (Å²) in [6.07, 6.45) is 0.751. The van der Waals surface area contributed by atoms with Gasteiger partial charge in [0.15, 0.2) is 6.61 Å². The molecule has 1 amide bonds. The van der Waals surface area contributed by atoms with E-state index in [1.165, 1.54) is 23.3 Å². The minimum absolute atomic E-state index is 0.0327. The van der Waals surface area contributed by atoms with Gasteiger partial charge in [0, 0.05) is 18.2 Å². The normalized spacial score (nSPS) is 10.6. The lowest BCUT2D eigenvalue weighted by Crippen LogP contribution is -2.30. The van der Waals surface area contributed by atoms with Gasteiger partial charge in [0.1, 0.15) is 5.75 Å². The summed E-state index contributed by atoms with van der Waals surface area (Å²) in [5.74, 6) is 0.719. The van der Waals surface area contributed by atoms with Gasteiger partial charge in [-0.1, -0.05) is 38.1 Å². The predicted octanol–water partition coefficient (Wildman–Crippen LogP) is 3.76. The van der Waals surface area contributed by atoms with E-state index in [4.69, 9.17) is 4.74 Å².